The van der Waals surface area contributed by atoms with E-state index < -0.39 is 21.7 Å². The lowest BCUT2D eigenvalue weighted by Gasteiger charge is -2.25. The average Bonchev–Trinajstić information content (AvgIpc) is 2.26. The van der Waals surface area contributed by atoms with Gasteiger partial charge in [-0.1, -0.05) is 12.1 Å². The third kappa shape index (κ3) is 4.28. The van der Waals surface area contributed by atoms with Crippen molar-refractivity contribution in [3.8, 4) is 0 Å². The molecule has 108 valence electrons. The van der Waals surface area contributed by atoms with E-state index in [0.717, 1.165) is 4.31 Å². The summed E-state index contributed by atoms with van der Waals surface area (Å²) in [6.07, 6.45) is -0.727. The number of sulfonamides is 1. The minimum Gasteiger partial charge on any atom is -0.389 e. The molecule has 0 aromatic heterocycles. The van der Waals surface area contributed by atoms with Gasteiger partial charge in [-0.2, -0.15) is 4.31 Å². The predicted molar refractivity (Wildman–Crippen MR) is 73.2 cm³/mol. The summed E-state index contributed by atoms with van der Waals surface area (Å²) >= 11 is 0. The second kappa shape index (κ2) is 5.58. The number of likely N-dealkylation sites (N-methyl/N-ethyl adjacent to an activating group) is 1. The standard InChI is InChI=1S/C13H21NO4S/c1-10(15)11-6-5-7-12(8-11)19(17,18)14(4)9-13(2,3)16/h5-8,10,15-16H,9H2,1-4H3. The van der Waals surface area contributed by atoms with E-state index in [2.05, 4.69) is 0 Å². The highest BCUT2D eigenvalue weighted by molar-refractivity contribution is 7.89. The number of aliphatic hydroxyl groups excluding tert-OH is 1. The molecule has 2 N–H and O–H groups in total. The summed E-state index contributed by atoms with van der Waals surface area (Å²) in [6.45, 7) is 4.66. The maximum absolute atomic E-state index is 12.3. The fourth-order valence-corrected chi connectivity index (χ4v) is 3.13. The van der Waals surface area contributed by atoms with Gasteiger partial charge in [-0.05, 0) is 38.5 Å². The molecule has 0 bridgehead atoms. The molecule has 0 amide bonds. The fourth-order valence-electron chi connectivity index (χ4n) is 1.74. The van der Waals surface area contributed by atoms with Gasteiger partial charge in [0.15, 0.2) is 0 Å². The molecule has 0 aliphatic heterocycles. The Hall–Kier alpha value is -0.950. The Labute approximate surface area is 114 Å². The van der Waals surface area contributed by atoms with Crippen LogP contribution < -0.4 is 0 Å². The van der Waals surface area contributed by atoms with Crippen LogP contribution in [0.2, 0.25) is 0 Å². The lowest BCUT2D eigenvalue weighted by molar-refractivity contribution is 0.0640. The predicted octanol–water partition coefficient (Wildman–Crippen LogP) is 1.13. The highest BCUT2D eigenvalue weighted by Gasteiger charge is 2.26. The summed E-state index contributed by atoms with van der Waals surface area (Å²) in [6, 6.07) is 6.18. The van der Waals surface area contributed by atoms with Gasteiger partial charge in [-0.25, -0.2) is 8.42 Å². The van der Waals surface area contributed by atoms with E-state index in [1.54, 1.807) is 32.9 Å². The number of nitrogens with zero attached hydrogens (tertiary/aromatic N) is 1. The number of aliphatic hydroxyl groups is 2. The Morgan fingerprint density at radius 2 is 1.95 bits per heavy atom. The van der Waals surface area contributed by atoms with Gasteiger partial charge in [-0.15, -0.1) is 0 Å². The minimum atomic E-state index is -3.67. The molecule has 1 aromatic carbocycles. The summed E-state index contributed by atoms with van der Waals surface area (Å²) in [7, 11) is -2.25. The summed E-state index contributed by atoms with van der Waals surface area (Å²) in [5.74, 6) is 0. The van der Waals surface area contributed by atoms with Gasteiger partial charge >= 0.3 is 0 Å². The number of hydrogen-bond donors (Lipinski definition) is 2. The van der Waals surface area contributed by atoms with Crippen molar-refractivity contribution in [2.45, 2.75) is 37.4 Å². The van der Waals surface area contributed by atoms with Crippen LogP contribution in [-0.2, 0) is 10.0 Å². The average molecular weight is 287 g/mol. The second-order valence-electron chi connectivity index (χ2n) is 5.32. The molecule has 5 nitrogen and oxygen atoms in total. The van der Waals surface area contributed by atoms with E-state index in [1.807, 2.05) is 0 Å². The van der Waals surface area contributed by atoms with Crippen LogP contribution in [0, 0.1) is 0 Å². The first-order chi connectivity index (χ1) is 8.54. The van der Waals surface area contributed by atoms with Crippen LogP contribution in [0.15, 0.2) is 29.2 Å². The molecule has 0 fully saturated rings. The summed E-state index contributed by atoms with van der Waals surface area (Å²) in [5, 5.41) is 19.2. The quantitative estimate of drug-likeness (QED) is 0.851. The van der Waals surface area contributed by atoms with Crippen molar-refractivity contribution in [2.75, 3.05) is 13.6 Å². The van der Waals surface area contributed by atoms with Crippen molar-refractivity contribution in [3.63, 3.8) is 0 Å². The molecule has 0 spiro atoms. The zero-order valence-corrected chi connectivity index (χ0v) is 12.5. The molecule has 19 heavy (non-hydrogen) atoms. The van der Waals surface area contributed by atoms with Crippen molar-refractivity contribution in [3.05, 3.63) is 29.8 Å². The van der Waals surface area contributed by atoms with Crippen LogP contribution >= 0.6 is 0 Å². The van der Waals surface area contributed by atoms with Crippen LogP contribution in [0.1, 0.15) is 32.4 Å². The van der Waals surface area contributed by atoms with Gasteiger partial charge in [-0.3, -0.25) is 0 Å². The van der Waals surface area contributed by atoms with Crippen molar-refractivity contribution in [2.24, 2.45) is 0 Å². The first-order valence-electron chi connectivity index (χ1n) is 6.01. The normalized spacial score (nSPS) is 14.7. The van der Waals surface area contributed by atoms with E-state index in [4.69, 9.17) is 0 Å². The Kier molecular flexibility index (Phi) is 4.73. The first-order valence-corrected chi connectivity index (χ1v) is 7.45. The van der Waals surface area contributed by atoms with Crippen LogP contribution in [0.25, 0.3) is 0 Å². The molecule has 1 rings (SSSR count). The Bertz CT molecular complexity index is 532. The summed E-state index contributed by atoms with van der Waals surface area (Å²) in [4.78, 5) is 0.109. The van der Waals surface area contributed by atoms with E-state index in [1.165, 1.54) is 19.2 Å². The molecule has 0 radical (unpaired) electrons. The number of rotatable bonds is 5. The molecule has 0 heterocycles. The molecule has 1 aromatic rings. The van der Waals surface area contributed by atoms with E-state index in [-0.39, 0.29) is 11.4 Å². The minimum absolute atomic E-state index is 0.00571. The van der Waals surface area contributed by atoms with Crippen molar-refractivity contribution < 1.29 is 18.6 Å². The van der Waals surface area contributed by atoms with E-state index in [0.29, 0.717) is 5.56 Å². The third-order valence-electron chi connectivity index (χ3n) is 2.66. The van der Waals surface area contributed by atoms with Crippen LogP contribution in [0.4, 0.5) is 0 Å². The Balaban J connectivity index is 3.10. The lowest BCUT2D eigenvalue weighted by atomic mass is 10.1. The number of hydrogen-bond acceptors (Lipinski definition) is 4. The summed E-state index contributed by atoms with van der Waals surface area (Å²) < 4.78 is 25.7. The molecule has 1 atom stereocenters. The largest absolute Gasteiger partial charge is 0.389 e. The zero-order chi connectivity index (χ0) is 14.8. The monoisotopic (exact) mass is 287 g/mol. The fraction of sp³-hybridized carbons (Fsp3) is 0.538. The molecule has 0 saturated carbocycles. The summed E-state index contributed by atoms with van der Waals surface area (Å²) in [5.41, 5.74) is -0.568. The highest BCUT2D eigenvalue weighted by Crippen LogP contribution is 2.20. The SMILES string of the molecule is CC(O)c1cccc(S(=O)(=O)N(C)CC(C)(C)O)c1. The first kappa shape index (κ1) is 16.1. The lowest BCUT2D eigenvalue weighted by Crippen LogP contribution is -2.39. The van der Waals surface area contributed by atoms with E-state index in [9.17, 15) is 18.6 Å². The molecular weight excluding hydrogens is 266 g/mol. The smallest absolute Gasteiger partial charge is 0.242 e. The second-order valence-corrected chi connectivity index (χ2v) is 7.37. The van der Waals surface area contributed by atoms with Crippen molar-refractivity contribution in [1.82, 2.24) is 4.31 Å². The third-order valence-corrected chi connectivity index (χ3v) is 4.46. The van der Waals surface area contributed by atoms with Crippen molar-refractivity contribution >= 4 is 10.0 Å². The van der Waals surface area contributed by atoms with Gasteiger partial charge in [0.1, 0.15) is 0 Å². The van der Waals surface area contributed by atoms with Crippen molar-refractivity contribution in [1.29, 1.82) is 0 Å². The molecule has 1 unspecified atom stereocenters. The van der Waals surface area contributed by atoms with Gasteiger partial charge in [0.05, 0.1) is 16.6 Å². The van der Waals surface area contributed by atoms with Gasteiger partial charge in [0, 0.05) is 13.6 Å². The van der Waals surface area contributed by atoms with Crippen LogP contribution in [-0.4, -0.2) is 42.1 Å². The topological polar surface area (TPSA) is 77.8 Å². The molecule has 0 saturated heterocycles. The van der Waals surface area contributed by atoms with E-state index >= 15 is 0 Å². The maximum atomic E-state index is 12.3. The van der Waals surface area contributed by atoms with Gasteiger partial charge in [0.25, 0.3) is 0 Å². The Morgan fingerprint density at radius 1 is 1.37 bits per heavy atom. The Morgan fingerprint density at radius 3 is 2.42 bits per heavy atom. The molecule has 0 aliphatic carbocycles. The highest BCUT2D eigenvalue weighted by atomic mass is 32.2. The molecule has 6 heteroatoms. The van der Waals surface area contributed by atoms with Crippen LogP contribution in [0.3, 0.4) is 0 Å². The number of benzene rings is 1. The van der Waals surface area contributed by atoms with Gasteiger partial charge < -0.3 is 10.2 Å². The molecular formula is C13H21NO4S. The molecule has 0 aliphatic rings. The van der Waals surface area contributed by atoms with Gasteiger partial charge in [0.2, 0.25) is 10.0 Å². The maximum Gasteiger partial charge on any atom is 0.242 e. The van der Waals surface area contributed by atoms with Crippen LogP contribution in [0.5, 0.6) is 0 Å². The zero-order valence-electron chi connectivity index (χ0n) is 11.7.